The zero-order valence-corrected chi connectivity index (χ0v) is 11.0. The van der Waals surface area contributed by atoms with Crippen LogP contribution in [-0.2, 0) is 5.54 Å². The molecule has 1 aromatic heterocycles. The monoisotopic (exact) mass is 255 g/mol. The van der Waals surface area contributed by atoms with E-state index in [4.69, 9.17) is 10.5 Å². The quantitative estimate of drug-likeness (QED) is 0.858. The molecule has 3 fully saturated rings. The first kappa shape index (κ1) is 10.9. The van der Waals surface area contributed by atoms with Gasteiger partial charge in [-0.15, -0.1) is 0 Å². The van der Waals surface area contributed by atoms with Crippen LogP contribution < -0.4 is 10.5 Å². The Morgan fingerprint density at radius 1 is 1.37 bits per heavy atom. The highest BCUT2D eigenvalue weighted by atomic mass is 16.5. The van der Waals surface area contributed by atoms with Crippen molar-refractivity contribution in [2.75, 3.05) is 12.8 Å². The summed E-state index contributed by atoms with van der Waals surface area (Å²) in [6.07, 6.45) is 7.93. The Hall–Kier alpha value is -1.97. The molecule has 2 aromatic rings. The number of hydrogen-bond acceptors (Lipinski definition) is 3. The van der Waals surface area contributed by atoms with E-state index in [9.17, 15) is 0 Å². The number of nitrogens with two attached hydrogens (primary N) is 1. The van der Waals surface area contributed by atoms with E-state index in [1.807, 2.05) is 24.4 Å². The molecule has 0 saturated heterocycles. The van der Waals surface area contributed by atoms with Crippen LogP contribution in [0, 0.1) is 5.92 Å². The number of nitrogens with zero attached hydrogens (tertiary/aromatic N) is 2. The minimum absolute atomic E-state index is 0.330. The van der Waals surface area contributed by atoms with E-state index >= 15 is 0 Å². The molecule has 5 rings (SSSR count). The van der Waals surface area contributed by atoms with E-state index in [2.05, 4.69) is 16.0 Å². The summed E-state index contributed by atoms with van der Waals surface area (Å²) in [6, 6.07) is 5.83. The van der Waals surface area contributed by atoms with Gasteiger partial charge >= 0.3 is 0 Å². The Balaban J connectivity index is 1.75. The van der Waals surface area contributed by atoms with Crippen molar-refractivity contribution >= 4 is 5.69 Å². The SMILES string of the molecule is COc1c(N)cccc1-c1cnn(C23CC(C2)C3)c1. The highest BCUT2D eigenvalue weighted by Crippen LogP contribution is 2.62. The molecule has 4 nitrogen and oxygen atoms in total. The van der Waals surface area contributed by atoms with Crippen molar-refractivity contribution in [1.82, 2.24) is 9.78 Å². The number of methoxy groups -OCH3 is 1. The Kier molecular flexibility index (Phi) is 2.03. The van der Waals surface area contributed by atoms with Gasteiger partial charge in [0, 0.05) is 17.3 Å². The number of ether oxygens (including phenoxy) is 1. The van der Waals surface area contributed by atoms with Gasteiger partial charge in [0.1, 0.15) is 5.75 Å². The van der Waals surface area contributed by atoms with E-state index < -0.39 is 0 Å². The predicted molar refractivity (Wildman–Crippen MR) is 73.9 cm³/mol. The number of hydrogen-bond donors (Lipinski definition) is 1. The smallest absolute Gasteiger partial charge is 0.149 e. The van der Waals surface area contributed by atoms with Crippen molar-refractivity contribution in [2.24, 2.45) is 5.92 Å². The van der Waals surface area contributed by atoms with Crippen molar-refractivity contribution in [2.45, 2.75) is 24.8 Å². The molecule has 1 aromatic carbocycles. The Bertz CT molecular complexity index is 630. The summed E-state index contributed by atoms with van der Waals surface area (Å²) in [6.45, 7) is 0. The molecule has 0 atom stereocenters. The molecule has 4 heteroatoms. The molecule has 0 spiro atoms. The number of anilines is 1. The molecular weight excluding hydrogens is 238 g/mol. The summed E-state index contributed by atoms with van der Waals surface area (Å²) >= 11 is 0. The first-order valence-electron chi connectivity index (χ1n) is 6.70. The largest absolute Gasteiger partial charge is 0.494 e. The average molecular weight is 255 g/mol. The number of nitrogen functional groups attached to an aromatic ring is 1. The van der Waals surface area contributed by atoms with Crippen molar-refractivity contribution in [1.29, 1.82) is 0 Å². The van der Waals surface area contributed by atoms with E-state index in [1.54, 1.807) is 7.11 Å². The maximum Gasteiger partial charge on any atom is 0.149 e. The topological polar surface area (TPSA) is 53.1 Å². The molecule has 19 heavy (non-hydrogen) atoms. The molecule has 0 unspecified atom stereocenters. The molecule has 2 N–H and O–H groups in total. The summed E-state index contributed by atoms with van der Waals surface area (Å²) in [5.41, 5.74) is 9.04. The maximum absolute atomic E-state index is 5.95. The zero-order chi connectivity index (χ0) is 13.0. The van der Waals surface area contributed by atoms with Crippen molar-refractivity contribution in [3.05, 3.63) is 30.6 Å². The number of rotatable bonds is 3. The Labute approximate surface area is 112 Å². The minimum atomic E-state index is 0.330. The lowest BCUT2D eigenvalue weighted by Crippen LogP contribution is -2.59. The van der Waals surface area contributed by atoms with Gasteiger partial charge in [0.2, 0.25) is 0 Å². The highest BCUT2D eigenvalue weighted by Gasteiger charge is 2.58. The second-order valence-electron chi connectivity index (χ2n) is 5.80. The van der Waals surface area contributed by atoms with Gasteiger partial charge in [0.15, 0.2) is 0 Å². The van der Waals surface area contributed by atoms with Crippen LogP contribution in [0.25, 0.3) is 11.1 Å². The molecule has 98 valence electrons. The third-order valence-electron chi connectivity index (χ3n) is 4.64. The van der Waals surface area contributed by atoms with Crippen LogP contribution in [0.4, 0.5) is 5.69 Å². The van der Waals surface area contributed by atoms with Crippen molar-refractivity contribution in [3.63, 3.8) is 0 Å². The van der Waals surface area contributed by atoms with Gasteiger partial charge in [0.05, 0.1) is 24.5 Å². The second-order valence-corrected chi connectivity index (χ2v) is 5.80. The molecule has 0 amide bonds. The first-order chi connectivity index (χ1) is 9.22. The number of benzene rings is 1. The molecule has 3 saturated carbocycles. The molecule has 2 bridgehead atoms. The molecular formula is C15H17N3O. The second kappa shape index (κ2) is 3.53. The van der Waals surface area contributed by atoms with Gasteiger partial charge in [-0.2, -0.15) is 5.10 Å². The number of aromatic nitrogens is 2. The van der Waals surface area contributed by atoms with Crippen LogP contribution in [0.1, 0.15) is 19.3 Å². The van der Waals surface area contributed by atoms with Gasteiger partial charge < -0.3 is 10.5 Å². The molecule has 1 heterocycles. The van der Waals surface area contributed by atoms with Crippen LogP contribution in [0.2, 0.25) is 0 Å². The molecule has 0 radical (unpaired) electrons. The Morgan fingerprint density at radius 3 is 2.79 bits per heavy atom. The normalized spacial score (nSPS) is 27.5. The fourth-order valence-corrected chi connectivity index (χ4v) is 3.44. The minimum Gasteiger partial charge on any atom is -0.494 e. The standard InChI is InChI=1S/C15H17N3O/c1-19-14-12(3-2-4-13(14)16)11-8-17-18(9-11)15-5-10(6-15)7-15/h2-4,8-10H,5-7,16H2,1H3. The lowest BCUT2D eigenvalue weighted by Gasteiger charge is -2.61. The average Bonchev–Trinajstić information content (AvgIpc) is 2.74. The van der Waals surface area contributed by atoms with Crippen LogP contribution in [0.5, 0.6) is 5.75 Å². The summed E-state index contributed by atoms with van der Waals surface area (Å²) in [7, 11) is 1.65. The molecule has 0 aliphatic heterocycles. The highest BCUT2D eigenvalue weighted by molar-refractivity contribution is 5.76. The maximum atomic E-state index is 5.95. The van der Waals surface area contributed by atoms with Crippen molar-refractivity contribution in [3.8, 4) is 16.9 Å². The zero-order valence-electron chi connectivity index (χ0n) is 11.0. The van der Waals surface area contributed by atoms with Gasteiger partial charge in [0.25, 0.3) is 0 Å². The summed E-state index contributed by atoms with van der Waals surface area (Å²) in [5.74, 6) is 1.69. The molecule has 3 aliphatic rings. The van der Waals surface area contributed by atoms with Gasteiger partial charge in [-0.25, -0.2) is 0 Å². The Morgan fingerprint density at radius 2 is 2.16 bits per heavy atom. The third-order valence-corrected chi connectivity index (χ3v) is 4.64. The lowest BCUT2D eigenvalue weighted by atomic mass is 9.50. The van der Waals surface area contributed by atoms with Crippen LogP contribution in [0.3, 0.4) is 0 Å². The van der Waals surface area contributed by atoms with E-state index in [0.717, 1.165) is 22.8 Å². The van der Waals surface area contributed by atoms with E-state index in [-0.39, 0.29) is 0 Å². The van der Waals surface area contributed by atoms with Gasteiger partial charge in [-0.05, 0) is 31.2 Å². The summed E-state index contributed by atoms with van der Waals surface area (Å²) in [4.78, 5) is 0. The first-order valence-corrected chi connectivity index (χ1v) is 6.70. The van der Waals surface area contributed by atoms with Crippen LogP contribution in [0.15, 0.2) is 30.6 Å². The van der Waals surface area contributed by atoms with Gasteiger partial charge in [-0.3, -0.25) is 4.68 Å². The fourth-order valence-electron chi connectivity index (χ4n) is 3.44. The molecule has 3 aliphatic carbocycles. The van der Waals surface area contributed by atoms with Gasteiger partial charge in [-0.1, -0.05) is 12.1 Å². The summed E-state index contributed by atoms with van der Waals surface area (Å²) in [5, 5.41) is 4.55. The third kappa shape index (κ3) is 1.37. The fraction of sp³-hybridized carbons (Fsp3) is 0.400. The van der Waals surface area contributed by atoms with E-state index in [1.165, 1.54) is 19.3 Å². The van der Waals surface area contributed by atoms with Crippen LogP contribution in [-0.4, -0.2) is 16.9 Å². The van der Waals surface area contributed by atoms with Crippen LogP contribution >= 0.6 is 0 Å². The van der Waals surface area contributed by atoms with Crippen molar-refractivity contribution < 1.29 is 4.74 Å². The lowest BCUT2D eigenvalue weighted by molar-refractivity contribution is -0.0977. The van der Waals surface area contributed by atoms with E-state index in [0.29, 0.717) is 11.2 Å². The summed E-state index contributed by atoms with van der Waals surface area (Å²) < 4.78 is 7.56. The number of para-hydroxylation sites is 1. The predicted octanol–water partition coefficient (Wildman–Crippen LogP) is 2.65.